The summed E-state index contributed by atoms with van der Waals surface area (Å²) >= 11 is 1.20. The molecule has 2 unspecified atom stereocenters. The average molecular weight is 218 g/mol. The molecule has 0 amide bonds. The van der Waals surface area contributed by atoms with Crippen molar-refractivity contribution >= 4 is 21.6 Å². The van der Waals surface area contributed by atoms with Crippen molar-refractivity contribution in [3.05, 3.63) is 21.3 Å². The maximum Gasteiger partial charge on any atom is 0.187 e. The van der Waals surface area contributed by atoms with E-state index >= 15 is 0 Å². The first kappa shape index (κ1) is 9.30. The zero-order chi connectivity index (χ0) is 9.64. The van der Waals surface area contributed by atoms with Crippen LogP contribution < -0.4 is 0 Å². The summed E-state index contributed by atoms with van der Waals surface area (Å²) in [5.41, 5.74) is 0.667. The minimum Gasteiger partial charge on any atom is -0.385 e. The van der Waals surface area contributed by atoms with E-state index in [1.165, 1.54) is 11.8 Å². The minimum absolute atomic E-state index is 0.370. The second kappa shape index (κ2) is 2.87. The highest BCUT2D eigenvalue weighted by Crippen LogP contribution is 2.43. The van der Waals surface area contributed by atoms with E-state index in [9.17, 15) is 13.5 Å². The van der Waals surface area contributed by atoms with Crippen LogP contribution in [0.1, 0.15) is 13.3 Å². The SMILES string of the molecule is CC1CC2=C(SC=CC2O)S1(=O)=O. The highest BCUT2D eigenvalue weighted by atomic mass is 32.3. The molecule has 0 spiro atoms. The van der Waals surface area contributed by atoms with Gasteiger partial charge in [-0.15, -0.1) is 0 Å². The Morgan fingerprint density at radius 3 is 2.92 bits per heavy atom. The number of hydrogen-bond acceptors (Lipinski definition) is 4. The van der Waals surface area contributed by atoms with E-state index in [-0.39, 0.29) is 5.25 Å². The molecule has 13 heavy (non-hydrogen) atoms. The van der Waals surface area contributed by atoms with E-state index in [4.69, 9.17) is 0 Å². The van der Waals surface area contributed by atoms with Gasteiger partial charge in [0, 0.05) is 0 Å². The van der Waals surface area contributed by atoms with Gasteiger partial charge in [0.25, 0.3) is 0 Å². The first-order valence-corrected chi connectivity index (χ1v) is 6.44. The van der Waals surface area contributed by atoms with Crippen molar-refractivity contribution in [2.24, 2.45) is 0 Å². The molecule has 2 aliphatic rings. The van der Waals surface area contributed by atoms with Gasteiger partial charge in [0.15, 0.2) is 9.84 Å². The van der Waals surface area contributed by atoms with Crippen molar-refractivity contribution in [3.8, 4) is 0 Å². The van der Waals surface area contributed by atoms with Crippen LogP contribution >= 0.6 is 11.8 Å². The van der Waals surface area contributed by atoms with E-state index in [1.807, 2.05) is 0 Å². The quantitative estimate of drug-likeness (QED) is 0.659. The third kappa shape index (κ3) is 1.26. The summed E-state index contributed by atoms with van der Waals surface area (Å²) in [6.45, 7) is 1.68. The molecule has 5 heteroatoms. The van der Waals surface area contributed by atoms with E-state index < -0.39 is 15.9 Å². The molecular formula is C8H10O3S2. The molecule has 2 atom stereocenters. The molecule has 0 radical (unpaired) electrons. The van der Waals surface area contributed by atoms with Gasteiger partial charge in [0.2, 0.25) is 0 Å². The van der Waals surface area contributed by atoms with Crippen LogP contribution in [0.25, 0.3) is 0 Å². The second-order valence-electron chi connectivity index (χ2n) is 3.26. The summed E-state index contributed by atoms with van der Waals surface area (Å²) in [6.07, 6.45) is 1.39. The molecule has 2 heterocycles. The van der Waals surface area contributed by atoms with Crippen LogP contribution in [-0.2, 0) is 9.84 Å². The summed E-state index contributed by atoms with van der Waals surface area (Å²) in [6, 6.07) is 0. The van der Waals surface area contributed by atoms with Gasteiger partial charge in [-0.1, -0.05) is 11.8 Å². The third-order valence-electron chi connectivity index (χ3n) is 2.35. The van der Waals surface area contributed by atoms with Gasteiger partial charge in [-0.25, -0.2) is 8.42 Å². The maximum atomic E-state index is 11.6. The van der Waals surface area contributed by atoms with Crippen molar-refractivity contribution in [2.75, 3.05) is 0 Å². The maximum absolute atomic E-state index is 11.6. The lowest BCUT2D eigenvalue weighted by molar-refractivity contribution is 0.255. The summed E-state index contributed by atoms with van der Waals surface area (Å²) in [4.78, 5) is 0. The lowest BCUT2D eigenvalue weighted by Gasteiger charge is -2.12. The first-order chi connectivity index (χ1) is 6.03. The normalized spacial score (nSPS) is 36.5. The van der Waals surface area contributed by atoms with Gasteiger partial charge in [-0.3, -0.25) is 0 Å². The third-order valence-corrected chi connectivity index (χ3v) is 6.11. The molecule has 2 aliphatic heterocycles. The zero-order valence-electron chi connectivity index (χ0n) is 7.10. The van der Waals surface area contributed by atoms with E-state index in [0.29, 0.717) is 16.2 Å². The number of rotatable bonds is 0. The lowest BCUT2D eigenvalue weighted by atomic mass is 10.1. The van der Waals surface area contributed by atoms with Crippen molar-refractivity contribution in [1.82, 2.24) is 0 Å². The fourth-order valence-electron chi connectivity index (χ4n) is 1.54. The first-order valence-electron chi connectivity index (χ1n) is 4.02. The summed E-state index contributed by atoms with van der Waals surface area (Å²) in [5.74, 6) is 0. The summed E-state index contributed by atoms with van der Waals surface area (Å²) in [7, 11) is -3.13. The molecule has 0 aliphatic carbocycles. The minimum atomic E-state index is -3.13. The van der Waals surface area contributed by atoms with Gasteiger partial charge < -0.3 is 5.11 Å². The van der Waals surface area contributed by atoms with Gasteiger partial charge >= 0.3 is 0 Å². The molecule has 2 rings (SSSR count). The number of aliphatic hydroxyl groups excluding tert-OH is 1. The zero-order valence-corrected chi connectivity index (χ0v) is 8.73. The predicted molar refractivity (Wildman–Crippen MR) is 52.8 cm³/mol. The van der Waals surface area contributed by atoms with Gasteiger partial charge in [0.1, 0.15) is 4.24 Å². The van der Waals surface area contributed by atoms with Gasteiger partial charge in [0.05, 0.1) is 11.4 Å². The predicted octanol–water partition coefficient (Wildman–Crippen LogP) is 1.03. The Bertz CT molecular complexity index is 392. The number of hydrogen-bond donors (Lipinski definition) is 1. The largest absolute Gasteiger partial charge is 0.385 e. The van der Waals surface area contributed by atoms with Crippen LogP contribution in [0.4, 0.5) is 0 Å². The van der Waals surface area contributed by atoms with Crippen LogP contribution in [0.5, 0.6) is 0 Å². The monoisotopic (exact) mass is 218 g/mol. The molecule has 0 saturated heterocycles. The Hall–Kier alpha value is -0.260. The Labute approximate surface area is 81.4 Å². The molecule has 0 saturated carbocycles. The fraction of sp³-hybridized carbons (Fsp3) is 0.500. The molecule has 1 N–H and O–H groups in total. The molecule has 0 bridgehead atoms. The molecule has 0 aromatic rings. The van der Waals surface area contributed by atoms with Crippen molar-refractivity contribution in [2.45, 2.75) is 24.7 Å². The highest BCUT2D eigenvalue weighted by Gasteiger charge is 2.39. The average Bonchev–Trinajstić information content (AvgIpc) is 2.28. The van der Waals surface area contributed by atoms with Crippen LogP contribution in [-0.4, -0.2) is 24.9 Å². The standard InChI is InChI=1S/C8H10O3S2/c1-5-4-6-7(9)2-3-12-8(6)13(5,10)11/h2-3,5,7,9H,4H2,1H3. The number of thioether (sulfide) groups is 1. The Morgan fingerprint density at radius 2 is 2.31 bits per heavy atom. The summed E-state index contributed by atoms with van der Waals surface area (Å²) < 4.78 is 23.7. The van der Waals surface area contributed by atoms with Crippen LogP contribution in [0, 0.1) is 0 Å². The number of aliphatic hydroxyl groups is 1. The van der Waals surface area contributed by atoms with E-state index in [2.05, 4.69) is 0 Å². The molecule has 0 aromatic carbocycles. The summed E-state index contributed by atoms with van der Waals surface area (Å²) in [5, 5.41) is 10.8. The molecule has 72 valence electrons. The molecule has 0 aromatic heterocycles. The second-order valence-corrected chi connectivity index (χ2v) is 6.74. The Morgan fingerprint density at radius 1 is 1.62 bits per heavy atom. The van der Waals surface area contributed by atoms with Crippen LogP contribution in [0.2, 0.25) is 0 Å². The molecular weight excluding hydrogens is 208 g/mol. The molecule has 3 nitrogen and oxygen atoms in total. The van der Waals surface area contributed by atoms with E-state index in [1.54, 1.807) is 18.4 Å². The topological polar surface area (TPSA) is 54.4 Å². The van der Waals surface area contributed by atoms with Crippen molar-refractivity contribution in [1.29, 1.82) is 0 Å². The van der Waals surface area contributed by atoms with E-state index in [0.717, 1.165) is 0 Å². The number of sulfone groups is 1. The Kier molecular flexibility index (Phi) is 2.05. The van der Waals surface area contributed by atoms with Gasteiger partial charge in [-0.05, 0) is 30.4 Å². The van der Waals surface area contributed by atoms with Crippen molar-refractivity contribution in [3.63, 3.8) is 0 Å². The van der Waals surface area contributed by atoms with Crippen molar-refractivity contribution < 1.29 is 13.5 Å². The highest BCUT2D eigenvalue weighted by molar-refractivity contribution is 8.20. The fourth-order valence-corrected chi connectivity index (χ4v) is 4.78. The lowest BCUT2D eigenvalue weighted by Crippen LogP contribution is -2.10. The Balaban J connectivity index is 2.50. The smallest absolute Gasteiger partial charge is 0.187 e. The molecule has 0 fully saturated rings. The van der Waals surface area contributed by atoms with Crippen LogP contribution in [0.3, 0.4) is 0 Å². The van der Waals surface area contributed by atoms with Gasteiger partial charge in [-0.2, -0.15) is 0 Å². The van der Waals surface area contributed by atoms with Crippen LogP contribution in [0.15, 0.2) is 21.3 Å².